The summed E-state index contributed by atoms with van der Waals surface area (Å²) in [5.41, 5.74) is 0.823. The second-order valence-electron chi connectivity index (χ2n) is 3.53. The van der Waals surface area contributed by atoms with Crippen LogP contribution in [0.1, 0.15) is 18.9 Å². The standard InChI is InChI=1S/C11H12BrFO2/c1-7(11(14)15)2-3-8-4-5-9(12)10(13)6-8/h4-7H,2-3H2,1H3,(H,14,15). The molecule has 1 atom stereocenters. The molecule has 1 N–H and O–H groups in total. The Morgan fingerprint density at radius 2 is 2.27 bits per heavy atom. The first-order valence-corrected chi connectivity index (χ1v) is 5.46. The van der Waals surface area contributed by atoms with Gasteiger partial charge in [0.2, 0.25) is 0 Å². The first kappa shape index (κ1) is 12.2. The molecule has 0 bridgehead atoms. The van der Waals surface area contributed by atoms with Crippen molar-refractivity contribution >= 4 is 21.9 Å². The number of carbonyl (C=O) groups is 1. The summed E-state index contributed by atoms with van der Waals surface area (Å²) in [5.74, 6) is -1.51. The number of hydrogen-bond acceptors (Lipinski definition) is 1. The first-order valence-electron chi connectivity index (χ1n) is 4.67. The van der Waals surface area contributed by atoms with Crippen molar-refractivity contribution in [1.29, 1.82) is 0 Å². The Bertz CT molecular complexity index is 366. The molecule has 0 saturated carbocycles. The lowest BCUT2D eigenvalue weighted by Crippen LogP contribution is -2.10. The molecule has 0 aliphatic heterocycles. The molecular weight excluding hydrogens is 263 g/mol. The summed E-state index contributed by atoms with van der Waals surface area (Å²) >= 11 is 3.06. The molecule has 0 radical (unpaired) electrons. The fraction of sp³-hybridized carbons (Fsp3) is 0.364. The molecule has 1 rings (SSSR count). The molecular formula is C11H12BrFO2. The lowest BCUT2D eigenvalue weighted by molar-refractivity contribution is -0.141. The van der Waals surface area contributed by atoms with E-state index in [-0.39, 0.29) is 5.82 Å². The number of hydrogen-bond donors (Lipinski definition) is 1. The Hall–Kier alpha value is -0.900. The Labute approximate surface area is 96.2 Å². The molecule has 0 amide bonds. The molecule has 0 aromatic heterocycles. The Morgan fingerprint density at radius 3 is 2.80 bits per heavy atom. The van der Waals surface area contributed by atoms with E-state index in [1.54, 1.807) is 19.1 Å². The lowest BCUT2D eigenvalue weighted by atomic mass is 10.0. The van der Waals surface area contributed by atoms with E-state index in [0.29, 0.717) is 17.3 Å². The number of benzene rings is 1. The summed E-state index contributed by atoms with van der Waals surface area (Å²) in [7, 11) is 0. The van der Waals surface area contributed by atoms with E-state index in [1.807, 2.05) is 0 Å². The van der Waals surface area contributed by atoms with Gasteiger partial charge in [0.15, 0.2) is 0 Å². The molecule has 4 heteroatoms. The van der Waals surface area contributed by atoms with Crippen molar-refractivity contribution in [2.45, 2.75) is 19.8 Å². The van der Waals surface area contributed by atoms with Crippen LogP contribution in [0, 0.1) is 11.7 Å². The van der Waals surface area contributed by atoms with Crippen LogP contribution in [0.4, 0.5) is 4.39 Å². The number of carboxylic acids is 1. The average Bonchev–Trinajstić information content (AvgIpc) is 2.19. The van der Waals surface area contributed by atoms with Gasteiger partial charge in [0.25, 0.3) is 0 Å². The summed E-state index contributed by atoms with van der Waals surface area (Å²) in [6, 6.07) is 4.86. The molecule has 0 aliphatic carbocycles. The fourth-order valence-electron chi connectivity index (χ4n) is 1.20. The highest BCUT2D eigenvalue weighted by Crippen LogP contribution is 2.18. The van der Waals surface area contributed by atoms with Gasteiger partial charge in [-0.3, -0.25) is 4.79 Å². The summed E-state index contributed by atoms with van der Waals surface area (Å²) < 4.78 is 13.5. The summed E-state index contributed by atoms with van der Waals surface area (Å²) in [6.45, 7) is 1.65. The zero-order valence-corrected chi connectivity index (χ0v) is 9.92. The summed E-state index contributed by atoms with van der Waals surface area (Å²) in [5, 5.41) is 8.68. The summed E-state index contributed by atoms with van der Waals surface area (Å²) in [4.78, 5) is 10.6. The van der Waals surface area contributed by atoms with Crippen molar-refractivity contribution in [1.82, 2.24) is 0 Å². The minimum atomic E-state index is -0.812. The molecule has 1 unspecified atom stereocenters. The number of aryl methyl sites for hydroxylation is 1. The van der Waals surface area contributed by atoms with Crippen LogP contribution in [0.3, 0.4) is 0 Å². The third-order valence-electron chi connectivity index (χ3n) is 2.27. The van der Waals surface area contributed by atoms with E-state index in [1.165, 1.54) is 6.07 Å². The molecule has 0 heterocycles. The van der Waals surface area contributed by atoms with Crippen LogP contribution in [0.2, 0.25) is 0 Å². The highest BCUT2D eigenvalue weighted by Gasteiger charge is 2.10. The first-order chi connectivity index (χ1) is 7.00. The van der Waals surface area contributed by atoms with Crippen LogP contribution < -0.4 is 0 Å². The predicted molar refractivity (Wildman–Crippen MR) is 59.2 cm³/mol. The number of halogens is 2. The quantitative estimate of drug-likeness (QED) is 0.915. The second-order valence-corrected chi connectivity index (χ2v) is 4.38. The van der Waals surface area contributed by atoms with Crippen molar-refractivity contribution < 1.29 is 14.3 Å². The van der Waals surface area contributed by atoms with E-state index in [2.05, 4.69) is 15.9 Å². The number of aliphatic carboxylic acids is 1. The fourth-order valence-corrected chi connectivity index (χ4v) is 1.45. The van der Waals surface area contributed by atoms with Gasteiger partial charge in [-0.1, -0.05) is 13.0 Å². The molecule has 82 valence electrons. The van der Waals surface area contributed by atoms with Gasteiger partial charge >= 0.3 is 5.97 Å². The van der Waals surface area contributed by atoms with Crippen LogP contribution >= 0.6 is 15.9 Å². The maximum Gasteiger partial charge on any atom is 0.306 e. The minimum absolute atomic E-state index is 0.310. The molecule has 0 saturated heterocycles. The molecule has 0 fully saturated rings. The van der Waals surface area contributed by atoms with Crippen LogP contribution in [-0.2, 0) is 11.2 Å². The molecule has 0 spiro atoms. The van der Waals surface area contributed by atoms with E-state index in [0.717, 1.165) is 5.56 Å². The number of rotatable bonds is 4. The van der Waals surface area contributed by atoms with Crippen molar-refractivity contribution in [2.24, 2.45) is 5.92 Å². The normalized spacial score (nSPS) is 12.5. The topological polar surface area (TPSA) is 37.3 Å². The third kappa shape index (κ3) is 3.63. The van der Waals surface area contributed by atoms with Gasteiger partial charge in [-0.2, -0.15) is 0 Å². The van der Waals surface area contributed by atoms with Gasteiger partial charge in [0.05, 0.1) is 10.4 Å². The molecule has 1 aromatic carbocycles. The van der Waals surface area contributed by atoms with Crippen molar-refractivity contribution in [3.63, 3.8) is 0 Å². The zero-order valence-electron chi connectivity index (χ0n) is 8.34. The van der Waals surface area contributed by atoms with Crippen LogP contribution in [-0.4, -0.2) is 11.1 Å². The third-order valence-corrected chi connectivity index (χ3v) is 2.91. The molecule has 1 aromatic rings. The SMILES string of the molecule is CC(CCc1ccc(Br)c(F)c1)C(=O)O. The highest BCUT2D eigenvalue weighted by molar-refractivity contribution is 9.10. The highest BCUT2D eigenvalue weighted by atomic mass is 79.9. The zero-order chi connectivity index (χ0) is 11.4. The average molecular weight is 275 g/mol. The summed E-state index contributed by atoms with van der Waals surface area (Å²) in [6.07, 6.45) is 1.11. The monoisotopic (exact) mass is 274 g/mol. The van der Waals surface area contributed by atoms with Crippen molar-refractivity contribution in [3.8, 4) is 0 Å². The van der Waals surface area contributed by atoms with Gasteiger partial charge in [-0.25, -0.2) is 4.39 Å². The van der Waals surface area contributed by atoms with Crippen LogP contribution in [0.15, 0.2) is 22.7 Å². The largest absolute Gasteiger partial charge is 0.481 e. The van der Waals surface area contributed by atoms with E-state index in [9.17, 15) is 9.18 Å². The van der Waals surface area contributed by atoms with Crippen LogP contribution in [0.25, 0.3) is 0 Å². The Morgan fingerprint density at radius 1 is 1.60 bits per heavy atom. The van der Waals surface area contributed by atoms with Gasteiger partial charge in [0, 0.05) is 0 Å². The van der Waals surface area contributed by atoms with Gasteiger partial charge < -0.3 is 5.11 Å². The molecule has 0 aliphatic rings. The van der Waals surface area contributed by atoms with E-state index < -0.39 is 11.9 Å². The maximum absolute atomic E-state index is 13.1. The smallest absolute Gasteiger partial charge is 0.306 e. The van der Waals surface area contributed by atoms with E-state index >= 15 is 0 Å². The van der Waals surface area contributed by atoms with Crippen molar-refractivity contribution in [3.05, 3.63) is 34.1 Å². The Kier molecular flexibility index (Phi) is 4.27. The molecule has 15 heavy (non-hydrogen) atoms. The van der Waals surface area contributed by atoms with Gasteiger partial charge in [-0.05, 0) is 46.5 Å². The van der Waals surface area contributed by atoms with E-state index in [4.69, 9.17) is 5.11 Å². The minimum Gasteiger partial charge on any atom is -0.481 e. The van der Waals surface area contributed by atoms with Crippen molar-refractivity contribution in [2.75, 3.05) is 0 Å². The number of carboxylic acid groups (broad SMARTS) is 1. The van der Waals surface area contributed by atoms with Gasteiger partial charge in [0.1, 0.15) is 5.82 Å². The predicted octanol–water partition coefficient (Wildman–Crippen LogP) is 3.24. The Balaban J connectivity index is 2.58. The molecule has 2 nitrogen and oxygen atoms in total. The van der Waals surface area contributed by atoms with Gasteiger partial charge in [-0.15, -0.1) is 0 Å². The maximum atomic E-state index is 13.1. The lowest BCUT2D eigenvalue weighted by Gasteiger charge is -2.06. The van der Waals surface area contributed by atoms with Crippen LogP contribution in [0.5, 0.6) is 0 Å². The second kappa shape index (κ2) is 5.26.